The van der Waals surface area contributed by atoms with Gasteiger partial charge < -0.3 is 10.3 Å². The number of aromatic nitrogens is 1. The second-order valence-corrected chi connectivity index (χ2v) is 4.57. The molecule has 0 fully saturated rings. The summed E-state index contributed by atoms with van der Waals surface area (Å²) in [5, 5.41) is 0. The van der Waals surface area contributed by atoms with E-state index in [-0.39, 0.29) is 17.3 Å². The van der Waals surface area contributed by atoms with Gasteiger partial charge in [0.15, 0.2) is 11.6 Å². The Morgan fingerprint density at radius 3 is 2.83 bits per heavy atom. The van der Waals surface area contributed by atoms with E-state index in [0.717, 1.165) is 6.42 Å². The number of carbonyl (C=O) groups is 1. The highest BCUT2D eigenvalue weighted by Crippen LogP contribution is 2.16. The number of hydrogen-bond donors (Lipinski definition) is 2. The van der Waals surface area contributed by atoms with Crippen molar-refractivity contribution in [2.45, 2.75) is 20.3 Å². The predicted octanol–water partition coefficient (Wildman–Crippen LogP) is 1.62. The molecule has 0 aliphatic heterocycles. The zero-order valence-electron chi connectivity index (χ0n) is 10.9. The van der Waals surface area contributed by atoms with E-state index >= 15 is 0 Å². The molecular formula is C12H19FN4O. The monoisotopic (exact) mass is 254 g/mol. The maximum Gasteiger partial charge on any atom is 0.256 e. The van der Waals surface area contributed by atoms with Gasteiger partial charge in [-0.15, -0.1) is 0 Å². The van der Waals surface area contributed by atoms with Crippen LogP contribution in [0.5, 0.6) is 0 Å². The average Bonchev–Trinajstić information content (AvgIpc) is 2.35. The zero-order chi connectivity index (χ0) is 13.7. The summed E-state index contributed by atoms with van der Waals surface area (Å²) in [6.45, 7) is 4.73. The molecule has 0 unspecified atom stereocenters. The van der Waals surface area contributed by atoms with Crippen molar-refractivity contribution in [3.8, 4) is 0 Å². The van der Waals surface area contributed by atoms with Crippen molar-refractivity contribution >= 4 is 11.7 Å². The van der Waals surface area contributed by atoms with Gasteiger partial charge in [-0.05, 0) is 18.4 Å². The Bertz CT molecular complexity index is 423. The fraction of sp³-hybridized carbons (Fsp3) is 0.500. The van der Waals surface area contributed by atoms with E-state index in [0.29, 0.717) is 12.5 Å². The van der Waals surface area contributed by atoms with E-state index in [1.54, 1.807) is 7.05 Å². The molecule has 1 amide bonds. The third-order valence-electron chi connectivity index (χ3n) is 2.64. The lowest BCUT2D eigenvalue weighted by Crippen LogP contribution is -2.29. The van der Waals surface area contributed by atoms with Crippen LogP contribution >= 0.6 is 0 Å². The van der Waals surface area contributed by atoms with Gasteiger partial charge in [-0.25, -0.2) is 15.2 Å². The van der Waals surface area contributed by atoms with E-state index in [1.165, 1.54) is 17.2 Å². The van der Waals surface area contributed by atoms with Gasteiger partial charge in [0.2, 0.25) is 0 Å². The van der Waals surface area contributed by atoms with Crippen molar-refractivity contribution in [2.24, 2.45) is 11.8 Å². The lowest BCUT2D eigenvalue weighted by Gasteiger charge is -2.19. The van der Waals surface area contributed by atoms with Crippen LogP contribution < -0.4 is 11.3 Å². The summed E-state index contributed by atoms with van der Waals surface area (Å²) < 4.78 is 13.8. The maximum atomic E-state index is 13.8. The molecule has 1 aromatic rings. The summed E-state index contributed by atoms with van der Waals surface area (Å²) in [5.74, 6) is 4.39. The average molecular weight is 254 g/mol. The van der Waals surface area contributed by atoms with Crippen LogP contribution in [-0.4, -0.2) is 29.4 Å². The maximum absolute atomic E-state index is 13.8. The standard InChI is InChI=1S/C12H19FN4O/c1-8(2)5-7-17(3)12(18)9-4-6-15-11(16-14)10(9)13/h4,6,8H,5,7,14H2,1-3H3,(H,15,16). The topological polar surface area (TPSA) is 71.2 Å². The van der Waals surface area contributed by atoms with Gasteiger partial charge in [0.05, 0.1) is 5.56 Å². The minimum absolute atomic E-state index is 0.0239. The first-order valence-electron chi connectivity index (χ1n) is 5.84. The first-order valence-corrected chi connectivity index (χ1v) is 5.84. The highest BCUT2D eigenvalue weighted by Gasteiger charge is 2.18. The van der Waals surface area contributed by atoms with Crippen LogP contribution in [0, 0.1) is 11.7 Å². The number of halogens is 1. The number of nitrogens with zero attached hydrogens (tertiary/aromatic N) is 2. The Hall–Kier alpha value is -1.69. The third-order valence-corrected chi connectivity index (χ3v) is 2.64. The van der Waals surface area contributed by atoms with Gasteiger partial charge in [0.25, 0.3) is 5.91 Å². The van der Waals surface area contributed by atoms with Gasteiger partial charge >= 0.3 is 0 Å². The fourth-order valence-electron chi connectivity index (χ4n) is 1.47. The first kappa shape index (κ1) is 14.4. The molecular weight excluding hydrogens is 235 g/mol. The van der Waals surface area contributed by atoms with Gasteiger partial charge in [-0.1, -0.05) is 13.8 Å². The van der Waals surface area contributed by atoms with Crippen LogP contribution in [0.2, 0.25) is 0 Å². The largest absolute Gasteiger partial charge is 0.342 e. The van der Waals surface area contributed by atoms with E-state index in [2.05, 4.69) is 24.3 Å². The number of nitrogen functional groups attached to an aromatic ring is 1. The van der Waals surface area contributed by atoms with Crippen LogP contribution in [0.3, 0.4) is 0 Å². The highest BCUT2D eigenvalue weighted by molar-refractivity contribution is 5.95. The molecule has 0 atom stereocenters. The molecule has 5 nitrogen and oxygen atoms in total. The normalized spacial score (nSPS) is 10.6. The fourth-order valence-corrected chi connectivity index (χ4v) is 1.47. The molecule has 1 aromatic heterocycles. The molecule has 3 N–H and O–H groups in total. The lowest BCUT2D eigenvalue weighted by atomic mass is 10.1. The second kappa shape index (κ2) is 6.30. The van der Waals surface area contributed by atoms with E-state index in [9.17, 15) is 9.18 Å². The Labute approximate surface area is 106 Å². The summed E-state index contributed by atoms with van der Waals surface area (Å²) >= 11 is 0. The van der Waals surface area contributed by atoms with Gasteiger partial charge in [-0.3, -0.25) is 4.79 Å². The highest BCUT2D eigenvalue weighted by atomic mass is 19.1. The summed E-state index contributed by atoms with van der Waals surface area (Å²) in [6, 6.07) is 1.35. The van der Waals surface area contributed by atoms with Crippen molar-refractivity contribution in [3.05, 3.63) is 23.6 Å². The Kier molecular flexibility index (Phi) is 5.03. The SMILES string of the molecule is CC(C)CCN(C)C(=O)c1ccnc(NN)c1F. The lowest BCUT2D eigenvalue weighted by molar-refractivity contribution is 0.0784. The molecule has 0 aliphatic carbocycles. The molecule has 0 aliphatic rings. The van der Waals surface area contributed by atoms with Gasteiger partial charge in [-0.2, -0.15) is 0 Å². The number of hydrazine groups is 1. The molecule has 0 spiro atoms. The Morgan fingerprint density at radius 2 is 2.28 bits per heavy atom. The molecule has 6 heteroatoms. The first-order chi connectivity index (χ1) is 8.47. The van der Waals surface area contributed by atoms with Gasteiger partial charge in [0.1, 0.15) is 0 Å². The number of hydrogen-bond acceptors (Lipinski definition) is 4. The number of amides is 1. The molecule has 1 heterocycles. The molecule has 0 radical (unpaired) electrons. The summed E-state index contributed by atoms with van der Waals surface area (Å²) in [7, 11) is 1.65. The third kappa shape index (κ3) is 3.40. The minimum atomic E-state index is -0.721. The number of carbonyl (C=O) groups excluding carboxylic acids is 1. The van der Waals surface area contributed by atoms with Crippen LogP contribution in [-0.2, 0) is 0 Å². The summed E-state index contributed by atoms with van der Waals surface area (Å²) in [4.78, 5) is 17.2. The van der Waals surface area contributed by atoms with Crippen molar-refractivity contribution in [3.63, 3.8) is 0 Å². The Balaban J connectivity index is 2.83. The minimum Gasteiger partial charge on any atom is -0.342 e. The van der Waals surface area contributed by atoms with Crippen LogP contribution in [0.25, 0.3) is 0 Å². The molecule has 1 rings (SSSR count). The number of rotatable bonds is 5. The zero-order valence-corrected chi connectivity index (χ0v) is 10.9. The smallest absolute Gasteiger partial charge is 0.256 e. The summed E-state index contributed by atoms with van der Waals surface area (Å²) in [5.41, 5.74) is 2.10. The van der Waals surface area contributed by atoms with Crippen molar-refractivity contribution < 1.29 is 9.18 Å². The molecule has 0 saturated heterocycles. The van der Waals surface area contributed by atoms with E-state index in [4.69, 9.17) is 5.84 Å². The quantitative estimate of drug-likeness (QED) is 0.619. The number of pyridine rings is 1. The molecule has 0 aromatic carbocycles. The Morgan fingerprint density at radius 1 is 1.61 bits per heavy atom. The molecule has 18 heavy (non-hydrogen) atoms. The van der Waals surface area contributed by atoms with Crippen LogP contribution in [0.4, 0.5) is 10.2 Å². The van der Waals surface area contributed by atoms with Crippen LogP contribution in [0.1, 0.15) is 30.6 Å². The summed E-state index contributed by atoms with van der Waals surface area (Å²) in [6.07, 6.45) is 2.22. The number of nitrogens with one attached hydrogen (secondary N) is 1. The molecule has 0 bridgehead atoms. The van der Waals surface area contributed by atoms with Crippen molar-refractivity contribution in [2.75, 3.05) is 19.0 Å². The van der Waals surface area contributed by atoms with E-state index < -0.39 is 5.82 Å². The number of nitrogens with two attached hydrogens (primary N) is 1. The molecule has 0 saturated carbocycles. The van der Waals surface area contributed by atoms with E-state index in [1.807, 2.05) is 0 Å². The van der Waals surface area contributed by atoms with Crippen molar-refractivity contribution in [1.82, 2.24) is 9.88 Å². The second-order valence-electron chi connectivity index (χ2n) is 4.57. The predicted molar refractivity (Wildman–Crippen MR) is 68.4 cm³/mol. The number of anilines is 1. The molecule has 100 valence electrons. The van der Waals surface area contributed by atoms with Crippen molar-refractivity contribution in [1.29, 1.82) is 0 Å². The van der Waals surface area contributed by atoms with Gasteiger partial charge in [0, 0.05) is 19.8 Å². The van der Waals surface area contributed by atoms with Crippen LogP contribution in [0.15, 0.2) is 12.3 Å².